The minimum atomic E-state index is -0.148. The third-order valence-electron chi connectivity index (χ3n) is 6.78. The zero-order valence-electron chi connectivity index (χ0n) is 15.4. The first kappa shape index (κ1) is 17.6. The zero-order valence-corrected chi connectivity index (χ0v) is 16.9. The quantitative estimate of drug-likeness (QED) is 0.690. The molecule has 1 aromatic carbocycles. The van der Waals surface area contributed by atoms with Crippen molar-refractivity contribution in [3.8, 4) is 0 Å². The second-order valence-electron chi connectivity index (χ2n) is 8.81. The van der Waals surface area contributed by atoms with E-state index in [-0.39, 0.29) is 29.3 Å². The highest BCUT2D eigenvalue weighted by Crippen LogP contribution is 2.55. The SMILES string of the molecule is CC(CC(=O)N1C2CC3CC1CC(C=O)(C3)C2)c1nc2ccc(Cl)cc2s1. The molecule has 2 aliphatic heterocycles. The van der Waals surface area contributed by atoms with Crippen LogP contribution in [0.25, 0.3) is 10.2 Å². The van der Waals surface area contributed by atoms with Crippen LogP contribution in [0.4, 0.5) is 0 Å². The van der Waals surface area contributed by atoms with E-state index >= 15 is 0 Å². The Bertz CT molecular complexity index is 910. The van der Waals surface area contributed by atoms with Gasteiger partial charge in [0.1, 0.15) is 6.29 Å². The van der Waals surface area contributed by atoms with Gasteiger partial charge in [0.05, 0.1) is 15.2 Å². The monoisotopic (exact) mass is 402 g/mol. The molecule has 3 unspecified atom stereocenters. The van der Waals surface area contributed by atoms with Crippen molar-refractivity contribution in [2.24, 2.45) is 11.3 Å². The number of aldehydes is 1. The maximum Gasteiger partial charge on any atom is 0.223 e. The Hall–Kier alpha value is -1.46. The van der Waals surface area contributed by atoms with Gasteiger partial charge in [0.2, 0.25) is 5.91 Å². The third-order valence-corrected chi connectivity index (χ3v) is 8.27. The van der Waals surface area contributed by atoms with Gasteiger partial charge in [-0.2, -0.15) is 0 Å². The number of benzene rings is 1. The molecule has 6 rings (SSSR count). The molecule has 4 nitrogen and oxygen atoms in total. The van der Waals surface area contributed by atoms with Gasteiger partial charge in [-0.05, 0) is 56.2 Å². The largest absolute Gasteiger partial charge is 0.337 e. The summed E-state index contributed by atoms with van der Waals surface area (Å²) >= 11 is 7.71. The lowest BCUT2D eigenvalue weighted by Gasteiger charge is -2.60. The number of hydrogen-bond acceptors (Lipinski definition) is 4. The van der Waals surface area contributed by atoms with Crippen LogP contribution in [0.2, 0.25) is 5.02 Å². The van der Waals surface area contributed by atoms with Crippen LogP contribution < -0.4 is 0 Å². The lowest BCUT2D eigenvalue weighted by Crippen LogP contribution is -2.63. The van der Waals surface area contributed by atoms with E-state index in [0.717, 1.165) is 47.3 Å². The molecule has 4 fully saturated rings. The summed E-state index contributed by atoms with van der Waals surface area (Å²) in [7, 11) is 0. The molecule has 2 saturated carbocycles. The normalized spacial score (nSPS) is 32.8. The molecule has 2 aromatic rings. The molecule has 0 radical (unpaired) electrons. The smallest absolute Gasteiger partial charge is 0.223 e. The summed E-state index contributed by atoms with van der Waals surface area (Å²) in [4.78, 5) is 31.7. The number of halogens is 1. The number of piperidine rings is 2. The second-order valence-corrected chi connectivity index (χ2v) is 10.3. The molecule has 142 valence electrons. The molecule has 3 heterocycles. The lowest BCUT2D eigenvalue weighted by molar-refractivity contribution is -0.161. The third kappa shape index (κ3) is 2.90. The molecule has 1 aromatic heterocycles. The van der Waals surface area contributed by atoms with Crippen LogP contribution >= 0.6 is 22.9 Å². The Balaban J connectivity index is 1.33. The Morgan fingerprint density at radius 2 is 2.11 bits per heavy atom. The minimum Gasteiger partial charge on any atom is -0.337 e. The number of nitrogens with zero attached hydrogens (tertiary/aromatic N) is 2. The van der Waals surface area contributed by atoms with Gasteiger partial charge in [-0.3, -0.25) is 4.79 Å². The number of hydrogen-bond donors (Lipinski definition) is 0. The fourth-order valence-corrected chi connectivity index (χ4v) is 7.11. The van der Waals surface area contributed by atoms with Crippen LogP contribution in [-0.2, 0) is 9.59 Å². The van der Waals surface area contributed by atoms with Gasteiger partial charge in [-0.1, -0.05) is 18.5 Å². The maximum absolute atomic E-state index is 13.2. The molecule has 27 heavy (non-hydrogen) atoms. The molecule has 4 aliphatic rings. The number of carbonyl (C=O) groups is 2. The molecule has 2 saturated heterocycles. The van der Waals surface area contributed by atoms with Crippen LogP contribution in [-0.4, -0.2) is 34.2 Å². The topological polar surface area (TPSA) is 50.3 Å². The number of rotatable bonds is 4. The van der Waals surface area contributed by atoms with Gasteiger partial charge in [-0.15, -0.1) is 11.3 Å². The van der Waals surface area contributed by atoms with Crippen LogP contribution in [0.3, 0.4) is 0 Å². The molecular weight excluding hydrogens is 380 g/mol. The van der Waals surface area contributed by atoms with Crippen molar-refractivity contribution in [2.75, 3.05) is 0 Å². The second kappa shape index (κ2) is 6.28. The number of fused-ring (bicyclic) bond motifs is 1. The Morgan fingerprint density at radius 3 is 2.81 bits per heavy atom. The van der Waals surface area contributed by atoms with E-state index in [9.17, 15) is 9.59 Å². The fraction of sp³-hybridized carbons (Fsp3) is 0.571. The van der Waals surface area contributed by atoms with Crippen LogP contribution in [0.15, 0.2) is 18.2 Å². The lowest BCUT2D eigenvalue weighted by atomic mass is 9.56. The van der Waals surface area contributed by atoms with Crippen molar-refractivity contribution in [1.82, 2.24) is 9.88 Å². The van der Waals surface area contributed by atoms with Crippen molar-refractivity contribution >= 4 is 45.3 Å². The highest BCUT2D eigenvalue weighted by atomic mass is 35.5. The molecule has 6 heteroatoms. The van der Waals surface area contributed by atoms with E-state index in [4.69, 9.17) is 16.6 Å². The zero-order chi connectivity index (χ0) is 18.8. The molecule has 4 bridgehead atoms. The summed E-state index contributed by atoms with van der Waals surface area (Å²) < 4.78 is 1.07. The average molecular weight is 403 g/mol. The van der Waals surface area contributed by atoms with Crippen LogP contribution in [0.5, 0.6) is 0 Å². The Kier molecular flexibility index (Phi) is 4.10. The predicted molar refractivity (Wildman–Crippen MR) is 107 cm³/mol. The molecule has 2 aliphatic carbocycles. The fourth-order valence-electron chi connectivity index (χ4n) is 5.82. The standard InChI is InChI=1S/C21H23ClN2O2S/c1-12(20-23-17-3-2-14(22)7-18(17)27-20)4-19(26)24-15-5-13-6-16(24)10-21(8-13,9-15)11-25/h2-3,7,11-13,15-16H,4-6,8-10H2,1H3. The van der Waals surface area contributed by atoms with Crippen molar-refractivity contribution in [3.63, 3.8) is 0 Å². The summed E-state index contributed by atoms with van der Waals surface area (Å²) in [6.45, 7) is 2.08. The number of thiazole rings is 1. The Labute approximate surface area is 167 Å². The van der Waals surface area contributed by atoms with Crippen molar-refractivity contribution in [3.05, 3.63) is 28.2 Å². The molecular formula is C21H23ClN2O2S. The van der Waals surface area contributed by atoms with Crippen molar-refractivity contribution < 1.29 is 9.59 Å². The maximum atomic E-state index is 13.2. The predicted octanol–water partition coefficient (Wildman–Crippen LogP) is 4.80. The first-order chi connectivity index (χ1) is 13.0. The number of aromatic nitrogens is 1. The van der Waals surface area contributed by atoms with E-state index in [2.05, 4.69) is 11.8 Å². The van der Waals surface area contributed by atoms with Gasteiger partial charge < -0.3 is 9.69 Å². The first-order valence-corrected chi connectivity index (χ1v) is 11.0. The van der Waals surface area contributed by atoms with E-state index in [1.807, 2.05) is 18.2 Å². The number of carbonyl (C=O) groups excluding carboxylic acids is 2. The summed E-state index contributed by atoms with van der Waals surface area (Å²) in [5.41, 5.74) is 0.798. The van der Waals surface area contributed by atoms with E-state index in [1.165, 1.54) is 6.29 Å². The highest BCUT2D eigenvalue weighted by molar-refractivity contribution is 7.18. The van der Waals surface area contributed by atoms with E-state index in [0.29, 0.717) is 17.4 Å². The van der Waals surface area contributed by atoms with Crippen LogP contribution in [0, 0.1) is 11.3 Å². The molecule has 0 spiro atoms. The average Bonchev–Trinajstić information content (AvgIpc) is 3.04. The van der Waals surface area contributed by atoms with Crippen molar-refractivity contribution in [1.29, 1.82) is 0 Å². The summed E-state index contributed by atoms with van der Waals surface area (Å²) in [6, 6.07) is 6.25. The molecule has 0 N–H and O–H groups in total. The molecule has 3 atom stereocenters. The Morgan fingerprint density at radius 1 is 1.37 bits per heavy atom. The van der Waals surface area contributed by atoms with Gasteiger partial charge in [0, 0.05) is 34.9 Å². The highest BCUT2D eigenvalue weighted by Gasteiger charge is 2.55. The van der Waals surface area contributed by atoms with Gasteiger partial charge >= 0.3 is 0 Å². The van der Waals surface area contributed by atoms with Crippen molar-refractivity contribution in [2.45, 2.75) is 63.5 Å². The van der Waals surface area contributed by atoms with Crippen LogP contribution in [0.1, 0.15) is 56.4 Å². The minimum absolute atomic E-state index is 0.0888. The van der Waals surface area contributed by atoms with Gasteiger partial charge in [0.25, 0.3) is 0 Å². The van der Waals surface area contributed by atoms with E-state index in [1.54, 1.807) is 11.3 Å². The van der Waals surface area contributed by atoms with Gasteiger partial charge in [0.15, 0.2) is 0 Å². The first-order valence-electron chi connectivity index (χ1n) is 9.80. The summed E-state index contributed by atoms with van der Waals surface area (Å²) in [5.74, 6) is 0.948. The van der Waals surface area contributed by atoms with E-state index < -0.39 is 0 Å². The summed E-state index contributed by atoms with van der Waals surface area (Å²) in [6.07, 6.45) is 6.59. The number of amides is 1. The summed E-state index contributed by atoms with van der Waals surface area (Å²) in [5, 5.41) is 1.71. The van der Waals surface area contributed by atoms with Gasteiger partial charge in [-0.25, -0.2) is 4.98 Å². The molecule has 1 amide bonds.